The van der Waals surface area contributed by atoms with Crippen molar-refractivity contribution in [1.29, 1.82) is 0 Å². The number of carbonyl (C=O) groups excluding carboxylic acids is 1. The minimum Gasteiger partial charge on any atom is -0.388 e. The van der Waals surface area contributed by atoms with Crippen LogP contribution in [-0.2, 0) is 13.7 Å². The maximum Gasteiger partial charge on any atom is 0.162 e. The van der Waals surface area contributed by atoms with Gasteiger partial charge in [0, 0.05) is 19.0 Å². The van der Waals surface area contributed by atoms with E-state index in [4.69, 9.17) is 5.11 Å². The Kier molecular flexibility index (Phi) is 3.24. The number of aliphatic hydroxyl groups is 1. The number of nitrogens with zero attached hydrogens (tertiary/aromatic N) is 2. The molecule has 90 valence electrons. The summed E-state index contributed by atoms with van der Waals surface area (Å²) in [7, 11) is 1.86. The molecule has 0 spiro atoms. The number of carbonyl (C=O) groups is 1. The van der Waals surface area contributed by atoms with E-state index in [-0.39, 0.29) is 12.4 Å². The summed E-state index contributed by atoms with van der Waals surface area (Å²) in [6.45, 7) is 1.89. The van der Waals surface area contributed by atoms with E-state index in [9.17, 15) is 4.79 Å². The topological polar surface area (TPSA) is 55.1 Å². The lowest BCUT2D eigenvalue weighted by atomic mass is 10.1. The molecule has 0 amide bonds. The van der Waals surface area contributed by atoms with Gasteiger partial charge in [-0.05, 0) is 24.6 Å². The Hall–Kier alpha value is -1.68. The molecule has 1 aromatic heterocycles. The summed E-state index contributed by atoms with van der Waals surface area (Å²) in [4.78, 5) is 16.1. The molecule has 0 fully saturated rings. The summed E-state index contributed by atoms with van der Waals surface area (Å²) in [6.07, 6.45) is 1.41. The summed E-state index contributed by atoms with van der Waals surface area (Å²) >= 11 is 0. The minimum absolute atomic E-state index is 0.0938. The monoisotopic (exact) mass is 232 g/mol. The van der Waals surface area contributed by atoms with Crippen molar-refractivity contribution in [2.24, 2.45) is 7.05 Å². The van der Waals surface area contributed by atoms with Crippen LogP contribution in [-0.4, -0.2) is 20.4 Å². The molecule has 1 N–H and O–H groups in total. The Morgan fingerprint density at radius 2 is 2.24 bits per heavy atom. The highest BCUT2D eigenvalue weighted by molar-refractivity contribution is 5.98. The highest BCUT2D eigenvalue weighted by Gasteiger charge is 2.10. The smallest absolute Gasteiger partial charge is 0.162 e. The van der Waals surface area contributed by atoms with Crippen molar-refractivity contribution in [2.75, 3.05) is 0 Å². The summed E-state index contributed by atoms with van der Waals surface area (Å²) < 4.78 is 1.84. The number of benzene rings is 1. The molecule has 4 heteroatoms. The minimum atomic E-state index is -0.0938. The number of fused-ring (bicyclic) bond motifs is 1. The number of ketones is 1. The van der Waals surface area contributed by atoms with Gasteiger partial charge in [-0.25, -0.2) is 4.98 Å². The molecule has 0 saturated carbocycles. The Balaban J connectivity index is 2.47. The number of imidazole rings is 1. The van der Waals surface area contributed by atoms with E-state index < -0.39 is 0 Å². The van der Waals surface area contributed by atoms with Crippen molar-refractivity contribution < 1.29 is 9.90 Å². The van der Waals surface area contributed by atoms with Gasteiger partial charge in [0.15, 0.2) is 5.78 Å². The van der Waals surface area contributed by atoms with Crippen molar-refractivity contribution in [3.8, 4) is 0 Å². The zero-order valence-corrected chi connectivity index (χ0v) is 10.1. The highest BCUT2D eigenvalue weighted by atomic mass is 16.3. The number of Topliss-reactive ketones (excluding diaryl/α,β-unsaturated/α-hetero) is 1. The lowest BCUT2D eigenvalue weighted by molar-refractivity contribution is 0.0982. The Morgan fingerprint density at radius 1 is 1.47 bits per heavy atom. The van der Waals surface area contributed by atoms with Gasteiger partial charge in [0.1, 0.15) is 12.4 Å². The van der Waals surface area contributed by atoms with Crippen LogP contribution in [0.4, 0.5) is 0 Å². The third-order valence-corrected chi connectivity index (χ3v) is 2.91. The third kappa shape index (κ3) is 2.08. The molecule has 2 rings (SSSR count). The standard InChI is InChI=1S/C13H16N2O2/c1-3-4-12(17)9-5-6-11-10(7-9)14-13(8-16)15(11)2/h5-7,16H,3-4,8H2,1-2H3. The van der Waals surface area contributed by atoms with Crippen molar-refractivity contribution in [2.45, 2.75) is 26.4 Å². The van der Waals surface area contributed by atoms with Crippen LogP contribution in [0.3, 0.4) is 0 Å². The molecule has 1 aromatic carbocycles. The summed E-state index contributed by atoms with van der Waals surface area (Å²) in [6, 6.07) is 5.50. The zero-order valence-electron chi connectivity index (χ0n) is 10.1. The van der Waals surface area contributed by atoms with Crippen molar-refractivity contribution in [1.82, 2.24) is 9.55 Å². The Bertz CT molecular complexity index is 558. The molecule has 17 heavy (non-hydrogen) atoms. The SMILES string of the molecule is CCCC(=O)c1ccc2c(c1)nc(CO)n2C. The zero-order chi connectivity index (χ0) is 12.4. The number of hydrogen-bond donors (Lipinski definition) is 1. The molecule has 0 saturated heterocycles. The Morgan fingerprint density at radius 3 is 2.88 bits per heavy atom. The molecule has 0 bridgehead atoms. The van der Waals surface area contributed by atoms with Crippen LogP contribution in [0.25, 0.3) is 11.0 Å². The number of aromatic nitrogens is 2. The first-order chi connectivity index (χ1) is 8.17. The molecule has 0 atom stereocenters. The fraction of sp³-hybridized carbons (Fsp3) is 0.385. The largest absolute Gasteiger partial charge is 0.388 e. The van der Waals surface area contributed by atoms with Crippen LogP contribution in [0.5, 0.6) is 0 Å². The van der Waals surface area contributed by atoms with Crippen LogP contribution >= 0.6 is 0 Å². The maximum atomic E-state index is 11.8. The normalized spacial score (nSPS) is 11.0. The van der Waals surface area contributed by atoms with E-state index in [0.29, 0.717) is 17.8 Å². The molecule has 0 aliphatic carbocycles. The molecule has 1 heterocycles. The molecule has 0 radical (unpaired) electrons. The van der Waals surface area contributed by atoms with Crippen LogP contribution in [0.2, 0.25) is 0 Å². The fourth-order valence-electron chi connectivity index (χ4n) is 1.94. The summed E-state index contributed by atoms with van der Waals surface area (Å²) in [5.41, 5.74) is 2.39. The first-order valence-electron chi connectivity index (χ1n) is 5.76. The van der Waals surface area contributed by atoms with Crippen molar-refractivity contribution in [3.63, 3.8) is 0 Å². The van der Waals surface area contributed by atoms with Gasteiger partial charge < -0.3 is 9.67 Å². The number of aliphatic hydroxyl groups excluding tert-OH is 1. The van der Waals surface area contributed by atoms with Crippen LogP contribution in [0, 0.1) is 0 Å². The van der Waals surface area contributed by atoms with Crippen molar-refractivity contribution >= 4 is 16.8 Å². The first kappa shape index (κ1) is 11.8. The second-order valence-corrected chi connectivity index (χ2v) is 4.12. The summed E-state index contributed by atoms with van der Waals surface area (Å²) in [5.74, 6) is 0.755. The van der Waals surface area contributed by atoms with Gasteiger partial charge in [0.25, 0.3) is 0 Å². The van der Waals surface area contributed by atoms with Crippen LogP contribution < -0.4 is 0 Å². The predicted octanol–water partition coefficient (Wildman–Crippen LogP) is 2.05. The number of rotatable bonds is 4. The van der Waals surface area contributed by atoms with E-state index in [0.717, 1.165) is 17.5 Å². The van der Waals surface area contributed by atoms with Gasteiger partial charge in [-0.15, -0.1) is 0 Å². The van der Waals surface area contributed by atoms with E-state index in [2.05, 4.69) is 4.98 Å². The second-order valence-electron chi connectivity index (χ2n) is 4.12. The molecule has 0 unspecified atom stereocenters. The molecule has 4 nitrogen and oxygen atoms in total. The van der Waals surface area contributed by atoms with Gasteiger partial charge >= 0.3 is 0 Å². The Labute approximate surface area is 99.9 Å². The first-order valence-corrected chi connectivity index (χ1v) is 5.76. The summed E-state index contributed by atoms with van der Waals surface area (Å²) in [5, 5.41) is 9.13. The van der Waals surface area contributed by atoms with Crippen LogP contribution in [0.15, 0.2) is 18.2 Å². The average molecular weight is 232 g/mol. The van der Waals surface area contributed by atoms with E-state index in [1.807, 2.05) is 30.7 Å². The molecule has 2 aromatic rings. The number of aryl methyl sites for hydroxylation is 1. The second kappa shape index (κ2) is 4.67. The third-order valence-electron chi connectivity index (χ3n) is 2.91. The molecule has 0 aliphatic heterocycles. The van der Waals surface area contributed by atoms with Crippen molar-refractivity contribution in [3.05, 3.63) is 29.6 Å². The van der Waals surface area contributed by atoms with Gasteiger partial charge in [0.05, 0.1) is 11.0 Å². The molecule has 0 aliphatic rings. The average Bonchev–Trinajstić information content (AvgIpc) is 2.66. The molecular formula is C13H16N2O2. The lowest BCUT2D eigenvalue weighted by Crippen LogP contribution is -1.98. The maximum absolute atomic E-state index is 11.8. The highest BCUT2D eigenvalue weighted by Crippen LogP contribution is 2.18. The van der Waals surface area contributed by atoms with Gasteiger partial charge in [0.2, 0.25) is 0 Å². The van der Waals surface area contributed by atoms with Gasteiger partial charge in [-0.3, -0.25) is 4.79 Å². The fourth-order valence-corrected chi connectivity index (χ4v) is 1.94. The molecular weight excluding hydrogens is 216 g/mol. The van der Waals surface area contributed by atoms with E-state index in [1.165, 1.54) is 0 Å². The van der Waals surface area contributed by atoms with E-state index >= 15 is 0 Å². The predicted molar refractivity (Wildman–Crippen MR) is 65.9 cm³/mol. The van der Waals surface area contributed by atoms with E-state index in [1.54, 1.807) is 6.07 Å². The van der Waals surface area contributed by atoms with Gasteiger partial charge in [-0.1, -0.05) is 6.92 Å². The number of hydrogen-bond acceptors (Lipinski definition) is 3. The van der Waals surface area contributed by atoms with Gasteiger partial charge in [-0.2, -0.15) is 0 Å². The quantitative estimate of drug-likeness (QED) is 0.821. The lowest BCUT2D eigenvalue weighted by Gasteiger charge is -2.00. The van der Waals surface area contributed by atoms with Crippen LogP contribution in [0.1, 0.15) is 35.9 Å².